The van der Waals surface area contributed by atoms with Gasteiger partial charge in [-0.3, -0.25) is 0 Å². The molecule has 0 aromatic rings. The molecule has 0 amide bonds. The Labute approximate surface area is 38.8 Å². The van der Waals surface area contributed by atoms with E-state index in [-0.39, 0.29) is 17.7 Å². The van der Waals surface area contributed by atoms with E-state index in [4.69, 9.17) is 0 Å². The molecule has 0 unspecified atom stereocenters. The van der Waals surface area contributed by atoms with Crippen molar-refractivity contribution in [1.82, 2.24) is 0 Å². The third kappa shape index (κ3) is 5.25. The summed E-state index contributed by atoms with van der Waals surface area (Å²) in [7, 11) is 8.10. The van der Waals surface area contributed by atoms with E-state index >= 15 is 0 Å². The molecule has 0 fully saturated rings. The van der Waals surface area contributed by atoms with Gasteiger partial charge in [0.15, 0.2) is 0 Å². The van der Waals surface area contributed by atoms with Crippen LogP contribution >= 0.6 is 16.4 Å². The SMILES string of the molecule is P#[Si]O[Si]#P. The Hall–Kier alpha value is 1.25. The predicted molar refractivity (Wildman–Crippen MR) is 26.4 cm³/mol. The topological polar surface area (TPSA) is 9.23 Å². The van der Waals surface area contributed by atoms with Crippen LogP contribution in [0.1, 0.15) is 0 Å². The van der Waals surface area contributed by atoms with Crippen LogP contribution in [-0.4, -0.2) is 17.7 Å². The van der Waals surface area contributed by atoms with Crippen LogP contribution in [0.5, 0.6) is 0 Å². The van der Waals surface area contributed by atoms with Crippen molar-refractivity contribution in [3.05, 3.63) is 0 Å². The molecule has 0 aromatic heterocycles. The first-order chi connectivity index (χ1) is 2.41. The van der Waals surface area contributed by atoms with Crippen LogP contribution in [0.2, 0.25) is 0 Å². The molecule has 1 nitrogen and oxygen atoms in total. The molecule has 0 saturated carbocycles. The van der Waals surface area contributed by atoms with E-state index < -0.39 is 0 Å². The van der Waals surface area contributed by atoms with Crippen molar-refractivity contribution in [3.8, 4) is 0 Å². The van der Waals surface area contributed by atoms with Gasteiger partial charge in [0.2, 0.25) is 0 Å². The fraction of sp³-hybridized carbons (Fsp3) is 0. The maximum absolute atomic E-state index is 4.62. The zero-order chi connectivity index (χ0) is 4.12. The fourth-order valence-corrected chi connectivity index (χ4v) is 1.65. The van der Waals surface area contributed by atoms with Gasteiger partial charge in [-0.1, -0.05) is 0 Å². The summed E-state index contributed by atoms with van der Waals surface area (Å²) in [6, 6.07) is 0. The van der Waals surface area contributed by atoms with Crippen LogP contribution in [-0.2, 0) is 4.12 Å². The third-order valence-corrected chi connectivity index (χ3v) is 2.46. The summed E-state index contributed by atoms with van der Waals surface area (Å²) in [6.07, 6.45) is 0. The average Bonchev–Trinajstić information content (AvgIpc) is 1.41. The zero-order valence-electron chi connectivity index (χ0n) is 2.30. The number of rotatable bonds is 0. The standard InChI is InChI=1S/OP2Si2/c2-4-1-5-3. The Morgan fingerprint density at radius 2 is 1.60 bits per heavy atom. The summed E-state index contributed by atoms with van der Waals surface area (Å²) in [5.74, 6) is 0. The van der Waals surface area contributed by atoms with Gasteiger partial charge in [0.05, 0.1) is 0 Å². The molecule has 0 spiro atoms. The summed E-state index contributed by atoms with van der Waals surface area (Å²) in [5.41, 5.74) is 0. The zero-order valence-corrected chi connectivity index (χ0v) is 6.09. The predicted octanol–water partition coefficient (Wildman–Crippen LogP) is 0.892. The van der Waals surface area contributed by atoms with Gasteiger partial charge in [-0.2, -0.15) is 0 Å². The van der Waals surface area contributed by atoms with Crippen molar-refractivity contribution >= 4 is 34.0 Å². The van der Waals surface area contributed by atoms with E-state index in [1.165, 1.54) is 0 Å². The van der Waals surface area contributed by atoms with Crippen molar-refractivity contribution < 1.29 is 4.12 Å². The normalized spacial score (nSPS) is 4.40. The second kappa shape index (κ2) is 5.25. The molecule has 0 rings (SSSR count). The molecule has 5 heteroatoms. The maximum atomic E-state index is 4.62. The van der Waals surface area contributed by atoms with Crippen LogP contribution in [0.25, 0.3) is 0 Å². The van der Waals surface area contributed by atoms with Crippen molar-refractivity contribution in [3.63, 3.8) is 0 Å². The Balaban J connectivity index is 2.86. The molecule has 0 saturated heterocycles. The van der Waals surface area contributed by atoms with Crippen molar-refractivity contribution in [2.45, 2.75) is 0 Å². The third-order valence-electron chi connectivity index (χ3n) is 0.0913. The van der Waals surface area contributed by atoms with Gasteiger partial charge in [-0.25, -0.2) is 0 Å². The minimum absolute atomic E-state index is 0.288. The Morgan fingerprint density at radius 3 is 1.60 bits per heavy atom. The summed E-state index contributed by atoms with van der Waals surface area (Å²) in [6.45, 7) is 0. The second-order valence-corrected chi connectivity index (χ2v) is 2.56. The molecule has 0 aliphatic carbocycles. The van der Waals surface area contributed by atoms with Crippen LogP contribution < -0.4 is 0 Å². The van der Waals surface area contributed by atoms with Gasteiger partial charge in [-0.15, -0.1) is 0 Å². The van der Waals surface area contributed by atoms with Crippen LogP contribution in [0.3, 0.4) is 0 Å². The molecular formula is OP2Si2. The first-order valence-corrected chi connectivity index (χ1v) is 5.25. The molecular weight excluding hydrogens is 134 g/mol. The van der Waals surface area contributed by atoms with E-state index in [2.05, 4.69) is 20.5 Å². The first kappa shape index (κ1) is 6.25. The van der Waals surface area contributed by atoms with E-state index in [9.17, 15) is 0 Å². The van der Waals surface area contributed by atoms with Crippen LogP contribution in [0.15, 0.2) is 0 Å². The summed E-state index contributed by atoms with van der Waals surface area (Å²) in [4.78, 5) is 0. The molecule has 0 N–H and O–H groups in total. The quantitative estimate of drug-likeness (QED) is 0.353. The molecule has 0 aliphatic rings. The molecule has 0 aliphatic heterocycles. The van der Waals surface area contributed by atoms with Crippen molar-refractivity contribution in [1.29, 1.82) is 0 Å². The van der Waals surface area contributed by atoms with E-state index in [0.717, 1.165) is 0 Å². The first-order valence-electron chi connectivity index (χ1n) is 0.855. The van der Waals surface area contributed by atoms with Crippen molar-refractivity contribution in [2.75, 3.05) is 0 Å². The van der Waals surface area contributed by atoms with Crippen LogP contribution in [0, 0.1) is 0 Å². The molecule has 0 radical (unpaired) electrons. The summed E-state index contributed by atoms with van der Waals surface area (Å²) in [5, 5.41) is 0. The van der Waals surface area contributed by atoms with Crippen molar-refractivity contribution in [2.24, 2.45) is 0 Å². The molecule has 5 heavy (non-hydrogen) atoms. The van der Waals surface area contributed by atoms with Gasteiger partial charge in [0.25, 0.3) is 0 Å². The summed E-state index contributed by atoms with van der Waals surface area (Å²) >= 11 is 0. The van der Waals surface area contributed by atoms with E-state index in [0.29, 0.717) is 0 Å². The van der Waals surface area contributed by atoms with E-state index in [1.54, 1.807) is 0 Å². The Morgan fingerprint density at radius 1 is 1.20 bits per heavy atom. The molecule has 0 aromatic carbocycles. The average molecular weight is 134 g/mol. The Kier molecular flexibility index (Phi) is 6.57. The molecule has 0 atom stereocenters. The van der Waals surface area contributed by atoms with Gasteiger partial charge in [0.1, 0.15) is 0 Å². The number of hydrogen-bond acceptors (Lipinski definition) is 1. The van der Waals surface area contributed by atoms with Gasteiger partial charge < -0.3 is 0 Å². The fourth-order valence-electron chi connectivity index (χ4n) is 0.0204. The summed E-state index contributed by atoms with van der Waals surface area (Å²) < 4.78 is 4.62. The van der Waals surface area contributed by atoms with E-state index in [1.807, 2.05) is 0 Å². The molecule has 24 valence electrons. The molecule has 0 heterocycles. The van der Waals surface area contributed by atoms with Gasteiger partial charge in [0, 0.05) is 0 Å². The number of hydrogen-bond donors (Lipinski definition) is 0. The van der Waals surface area contributed by atoms with Gasteiger partial charge >= 0.3 is 38.1 Å². The molecule has 0 bridgehead atoms. The minimum atomic E-state index is 0.288. The second-order valence-electron chi connectivity index (χ2n) is 0.285. The Bertz CT molecular complexity index is 72.8. The monoisotopic (exact) mass is 134 g/mol. The van der Waals surface area contributed by atoms with Crippen LogP contribution in [0.4, 0.5) is 0 Å². The van der Waals surface area contributed by atoms with Gasteiger partial charge in [-0.05, 0) is 0 Å².